The zero-order chi connectivity index (χ0) is 11.7. The molecule has 1 aliphatic heterocycles. The van der Waals surface area contributed by atoms with Crippen molar-refractivity contribution in [3.8, 4) is 0 Å². The van der Waals surface area contributed by atoms with Crippen LogP contribution in [0.25, 0.3) is 0 Å². The number of nitrogens with zero attached hydrogens (tertiary/aromatic N) is 1. The summed E-state index contributed by atoms with van der Waals surface area (Å²) < 4.78 is 4.62. The maximum Gasteiger partial charge on any atom is 0.340 e. The number of amides is 1. The minimum absolute atomic E-state index is 0.110. The summed E-state index contributed by atoms with van der Waals surface area (Å²) in [5, 5.41) is 11.7. The van der Waals surface area contributed by atoms with Crippen LogP contribution in [0.2, 0.25) is 0 Å². The van der Waals surface area contributed by atoms with Gasteiger partial charge in [-0.15, -0.1) is 11.3 Å². The van der Waals surface area contributed by atoms with Crippen LogP contribution < -0.4 is 4.90 Å². The topological polar surface area (TPSA) is 66.8 Å². The summed E-state index contributed by atoms with van der Waals surface area (Å²) in [6.45, 7) is 0.239. The standard InChI is InChI=1S/C10H11NO4S/c1-15-10(14)7-2-3-16-9(7)11-5-6(12)4-8(11)13/h2-3,6,12H,4-5H2,1H3. The van der Waals surface area contributed by atoms with E-state index in [1.165, 1.54) is 23.3 Å². The maximum absolute atomic E-state index is 11.6. The molecule has 6 heteroatoms. The van der Waals surface area contributed by atoms with Gasteiger partial charge >= 0.3 is 5.97 Å². The third kappa shape index (κ3) is 1.81. The molecule has 1 aromatic rings. The Bertz CT molecular complexity index is 428. The van der Waals surface area contributed by atoms with Gasteiger partial charge in [0.2, 0.25) is 5.91 Å². The van der Waals surface area contributed by atoms with Crippen molar-refractivity contribution in [2.24, 2.45) is 0 Å². The Hall–Kier alpha value is -1.40. The van der Waals surface area contributed by atoms with Crippen LogP contribution in [0.1, 0.15) is 16.8 Å². The van der Waals surface area contributed by atoms with Crippen molar-refractivity contribution in [1.82, 2.24) is 0 Å². The van der Waals surface area contributed by atoms with Gasteiger partial charge in [-0.05, 0) is 11.4 Å². The van der Waals surface area contributed by atoms with E-state index in [2.05, 4.69) is 4.74 Å². The van der Waals surface area contributed by atoms with Crippen molar-refractivity contribution in [2.45, 2.75) is 12.5 Å². The van der Waals surface area contributed by atoms with Gasteiger partial charge in [-0.1, -0.05) is 0 Å². The van der Waals surface area contributed by atoms with E-state index in [0.717, 1.165) is 0 Å². The molecule has 1 N–H and O–H groups in total. The molecule has 2 rings (SSSR count). The highest BCUT2D eigenvalue weighted by molar-refractivity contribution is 7.14. The number of thiophene rings is 1. The van der Waals surface area contributed by atoms with Gasteiger partial charge in [0.15, 0.2) is 0 Å². The second kappa shape index (κ2) is 4.23. The van der Waals surface area contributed by atoms with Gasteiger partial charge in [-0.2, -0.15) is 0 Å². The summed E-state index contributed by atoms with van der Waals surface area (Å²) in [7, 11) is 1.30. The minimum atomic E-state index is -0.653. The highest BCUT2D eigenvalue weighted by Crippen LogP contribution is 2.31. The van der Waals surface area contributed by atoms with Crippen LogP contribution in [0.15, 0.2) is 11.4 Å². The lowest BCUT2D eigenvalue weighted by Crippen LogP contribution is -2.26. The summed E-state index contributed by atoms with van der Waals surface area (Å²) in [5.41, 5.74) is 0.370. The molecule has 1 fully saturated rings. The first-order valence-corrected chi connectivity index (χ1v) is 5.65. The molecule has 1 amide bonds. The van der Waals surface area contributed by atoms with Gasteiger partial charge in [0, 0.05) is 0 Å². The number of β-amino-alcohol motifs (C(OH)–C–C–N with tert-alkyl or cyclic N) is 1. The second-order valence-corrected chi connectivity index (χ2v) is 4.39. The average molecular weight is 241 g/mol. The number of methoxy groups -OCH3 is 1. The average Bonchev–Trinajstić information content (AvgIpc) is 2.83. The largest absolute Gasteiger partial charge is 0.465 e. The Morgan fingerprint density at radius 1 is 1.69 bits per heavy atom. The first kappa shape index (κ1) is 11.1. The molecule has 1 aliphatic rings. The Morgan fingerprint density at radius 2 is 2.44 bits per heavy atom. The van der Waals surface area contributed by atoms with Gasteiger partial charge in [0.1, 0.15) is 5.00 Å². The van der Waals surface area contributed by atoms with Crippen LogP contribution in [0.5, 0.6) is 0 Å². The number of hydrogen-bond donors (Lipinski definition) is 1. The number of hydrogen-bond acceptors (Lipinski definition) is 5. The van der Waals surface area contributed by atoms with Gasteiger partial charge in [0.25, 0.3) is 0 Å². The molecule has 0 bridgehead atoms. The third-order valence-corrected chi connectivity index (χ3v) is 3.34. The van der Waals surface area contributed by atoms with Crippen molar-refractivity contribution in [1.29, 1.82) is 0 Å². The third-order valence-electron chi connectivity index (χ3n) is 2.40. The predicted molar refractivity (Wildman–Crippen MR) is 58.6 cm³/mol. The quantitative estimate of drug-likeness (QED) is 0.771. The zero-order valence-corrected chi connectivity index (χ0v) is 9.49. The number of ether oxygens (including phenoxy) is 1. The first-order chi connectivity index (χ1) is 7.63. The van der Waals surface area contributed by atoms with Crippen LogP contribution in [-0.4, -0.2) is 36.7 Å². The number of carbonyl (C=O) groups excluding carboxylic acids is 2. The zero-order valence-electron chi connectivity index (χ0n) is 8.67. The number of rotatable bonds is 2. The Kier molecular flexibility index (Phi) is 2.93. The molecule has 1 atom stereocenters. The van der Waals surface area contributed by atoms with Crippen molar-refractivity contribution in [3.05, 3.63) is 17.0 Å². The molecule has 1 aromatic heterocycles. The van der Waals surface area contributed by atoms with Gasteiger partial charge in [-0.3, -0.25) is 4.79 Å². The normalized spacial score (nSPS) is 20.2. The van der Waals surface area contributed by atoms with Crippen LogP contribution in [-0.2, 0) is 9.53 Å². The fourth-order valence-electron chi connectivity index (χ4n) is 1.66. The summed E-state index contributed by atoms with van der Waals surface area (Å²) in [6, 6.07) is 1.61. The highest BCUT2D eigenvalue weighted by atomic mass is 32.1. The van der Waals surface area contributed by atoms with E-state index in [1.807, 2.05) is 0 Å². The Morgan fingerprint density at radius 3 is 3.00 bits per heavy atom. The lowest BCUT2D eigenvalue weighted by Gasteiger charge is -2.14. The van der Waals surface area contributed by atoms with Crippen LogP contribution >= 0.6 is 11.3 Å². The number of aliphatic hydroxyl groups is 1. The monoisotopic (exact) mass is 241 g/mol. The lowest BCUT2D eigenvalue weighted by atomic mass is 10.3. The Balaban J connectivity index is 2.31. The van der Waals surface area contributed by atoms with Crippen LogP contribution in [0, 0.1) is 0 Å². The van der Waals surface area contributed by atoms with E-state index in [0.29, 0.717) is 10.6 Å². The van der Waals surface area contributed by atoms with Crippen LogP contribution in [0.4, 0.5) is 5.00 Å². The number of esters is 1. The van der Waals surface area contributed by atoms with E-state index < -0.39 is 12.1 Å². The van der Waals surface area contributed by atoms with Crippen molar-refractivity contribution in [3.63, 3.8) is 0 Å². The lowest BCUT2D eigenvalue weighted by molar-refractivity contribution is -0.117. The number of aliphatic hydroxyl groups excluding tert-OH is 1. The molecule has 0 radical (unpaired) electrons. The first-order valence-electron chi connectivity index (χ1n) is 4.77. The molecule has 0 spiro atoms. The molecule has 2 heterocycles. The highest BCUT2D eigenvalue weighted by Gasteiger charge is 2.32. The van der Waals surface area contributed by atoms with E-state index in [-0.39, 0.29) is 18.9 Å². The van der Waals surface area contributed by atoms with Gasteiger partial charge < -0.3 is 14.7 Å². The van der Waals surface area contributed by atoms with E-state index in [9.17, 15) is 14.7 Å². The summed E-state index contributed by atoms with van der Waals surface area (Å²) in [4.78, 5) is 24.4. The van der Waals surface area contributed by atoms with Crippen molar-refractivity contribution in [2.75, 3.05) is 18.6 Å². The molecular formula is C10H11NO4S. The van der Waals surface area contributed by atoms with Gasteiger partial charge in [0.05, 0.1) is 31.7 Å². The van der Waals surface area contributed by atoms with Crippen molar-refractivity contribution >= 4 is 28.2 Å². The van der Waals surface area contributed by atoms with Crippen molar-refractivity contribution < 1.29 is 19.4 Å². The summed E-state index contributed by atoms with van der Waals surface area (Å²) >= 11 is 1.29. The van der Waals surface area contributed by atoms with Gasteiger partial charge in [-0.25, -0.2) is 4.79 Å². The molecule has 1 saturated heterocycles. The number of anilines is 1. The smallest absolute Gasteiger partial charge is 0.340 e. The Labute approximate surface area is 96.2 Å². The minimum Gasteiger partial charge on any atom is -0.465 e. The predicted octanol–water partition coefficient (Wildman–Crippen LogP) is 0.632. The number of carbonyl (C=O) groups is 2. The molecule has 16 heavy (non-hydrogen) atoms. The SMILES string of the molecule is COC(=O)c1ccsc1N1CC(O)CC1=O. The summed E-state index contributed by atoms with van der Waals surface area (Å²) in [6.07, 6.45) is -0.543. The molecule has 1 unspecified atom stereocenters. The molecule has 0 saturated carbocycles. The summed E-state index contributed by atoms with van der Waals surface area (Å²) in [5.74, 6) is -0.634. The fourth-order valence-corrected chi connectivity index (χ4v) is 2.58. The molecule has 5 nitrogen and oxygen atoms in total. The van der Waals surface area contributed by atoms with Crippen LogP contribution in [0.3, 0.4) is 0 Å². The molecule has 86 valence electrons. The van der Waals surface area contributed by atoms with E-state index in [4.69, 9.17) is 0 Å². The van der Waals surface area contributed by atoms with E-state index >= 15 is 0 Å². The van der Waals surface area contributed by atoms with E-state index in [1.54, 1.807) is 11.4 Å². The maximum atomic E-state index is 11.6. The molecule has 0 aromatic carbocycles. The molecule has 0 aliphatic carbocycles. The molecular weight excluding hydrogens is 230 g/mol. The fraction of sp³-hybridized carbons (Fsp3) is 0.400. The second-order valence-electron chi connectivity index (χ2n) is 3.49.